The molecule has 1 aromatic heterocycles. The fourth-order valence-electron chi connectivity index (χ4n) is 1.57. The van der Waals surface area contributed by atoms with Gasteiger partial charge in [-0.05, 0) is 12.1 Å². The fraction of sp³-hybridized carbons (Fsp3) is 0.167. The van der Waals surface area contributed by atoms with E-state index in [9.17, 15) is 13.6 Å². The number of carbonyl (C=O) groups excluding carboxylic acids is 1. The molecule has 19 heavy (non-hydrogen) atoms. The number of amides is 1. The lowest BCUT2D eigenvalue weighted by molar-refractivity contribution is 0.0781. The molecule has 1 heterocycles. The van der Waals surface area contributed by atoms with Crippen molar-refractivity contribution in [1.82, 2.24) is 14.9 Å². The second kappa shape index (κ2) is 5.36. The Morgan fingerprint density at radius 1 is 1.42 bits per heavy atom. The average Bonchev–Trinajstić information content (AvgIpc) is 2.85. The quantitative estimate of drug-likeness (QED) is 0.881. The Morgan fingerprint density at radius 2 is 2.11 bits per heavy atom. The summed E-state index contributed by atoms with van der Waals surface area (Å²) in [6.07, 6.45) is 3.18. The highest BCUT2D eigenvalue weighted by molar-refractivity contribution is 6.33. The highest BCUT2D eigenvalue weighted by atomic mass is 35.5. The van der Waals surface area contributed by atoms with Crippen LogP contribution in [0.1, 0.15) is 16.2 Å². The SMILES string of the molecule is CN(Cc1ncc[nH]1)C(=O)c1cc(F)c(F)cc1Cl. The van der Waals surface area contributed by atoms with Crippen LogP contribution < -0.4 is 0 Å². The van der Waals surface area contributed by atoms with Crippen molar-refractivity contribution in [2.24, 2.45) is 0 Å². The molecule has 2 aromatic rings. The predicted octanol–water partition coefficient (Wildman–Crippen LogP) is 2.61. The van der Waals surface area contributed by atoms with Crippen molar-refractivity contribution in [3.63, 3.8) is 0 Å². The molecule has 1 aromatic carbocycles. The van der Waals surface area contributed by atoms with Gasteiger partial charge in [-0.2, -0.15) is 0 Å². The van der Waals surface area contributed by atoms with Crippen LogP contribution in [0.2, 0.25) is 5.02 Å². The van der Waals surface area contributed by atoms with Gasteiger partial charge in [0.05, 0.1) is 17.1 Å². The summed E-state index contributed by atoms with van der Waals surface area (Å²) >= 11 is 5.74. The van der Waals surface area contributed by atoms with Crippen molar-refractivity contribution in [3.8, 4) is 0 Å². The summed E-state index contributed by atoms with van der Waals surface area (Å²) in [5, 5.41) is -0.129. The molecule has 0 spiro atoms. The van der Waals surface area contributed by atoms with Crippen LogP contribution in [0.5, 0.6) is 0 Å². The number of rotatable bonds is 3. The molecule has 0 saturated heterocycles. The van der Waals surface area contributed by atoms with Gasteiger partial charge in [-0.25, -0.2) is 13.8 Å². The van der Waals surface area contributed by atoms with Crippen molar-refractivity contribution < 1.29 is 13.6 Å². The molecule has 0 aliphatic carbocycles. The Balaban J connectivity index is 2.21. The first-order valence-corrected chi connectivity index (χ1v) is 5.75. The molecule has 0 unspecified atom stereocenters. The molecule has 0 aliphatic heterocycles. The number of halogens is 3. The van der Waals surface area contributed by atoms with Crippen molar-refractivity contribution in [2.75, 3.05) is 7.05 Å². The molecule has 0 radical (unpaired) electrons. The predicted molar refractivity (Wildman–Crippen MR) is 65.8 cm³/mol. The van der Waals surface area contributed by atoms with E-state index in [1.807, 2.05) is 0 Å². The maximum Gasteiger partial charge on any atom is 0.255 e. The zero-order valence-electron chi connectivity index (χ0n) is 9.95. The largest absolute Gasteiger partial charge is 0.347 e. The minimum atomic E-state index is -1.11. The molecule has 2 rings (SSSR count). The summed E-state index contributed by atoms with van der Waals surface area (Å²) in [6.45, 7) is 0.209. The van der Waals surface area contributed by atoms with Crippen LogP contribution in [0.15, 0.2) is 24.5 Å². The van der Waals surface area contributed by atoms with Crippen LogP contribution in [-0.4, -0.2) is 27.8 Å². The fourth-order valence-corrected chi connectivity index (χ4v) is 1.80. The van der Waals surface area contributed by atoms with Gasteiger partial charge in [0, 0.05) is 19.4 Å². The monoisotopic (exact) mass is 285 g/mol. The van der Waals surface area contributed by atoms with Crippen LogP contribution >= 0.6 is 11.6 Å². The number of nitrogens with one attached hydrogen (secondary N) is 1. The minimum Gasteiger partial charge on any atom is -0.347 e. The van der Waals surface area contributed by atoms with E-state index in [4.69, 9.17) is 11.6 Å². The smallest absolute Gasteiger partial charge is 0.255 e. The third-order valence-corrected chi connectivity index (χ3v) is 2.84. The normalized spacial score (nSPS) is 10.5. The van der Waals surface area contributed by atoms with E-state index in [0.29, 0.717) is 5.82 Å². The van der Waals surface area contributed by atoms with E-state index < -0.39 is 17.5 Å². The van der Waals surface area contributed by atoms with Crippen molar-refractivity contribution in [1.29, 1.82) is 0 Å². The van der Waals surface area contributed by atoms with E-state index in [1.54, 1.807) is 12.4 Å². The Bertz CT molecular complexity index is 601. The van der Waals surface area contributed by atoms with E-state index in [1.165, 1.54) is 11.9 Å². The molecule has 7 heteroatoms. The number of H-pyrrole nitrogens is 1. The van der Waals surface area contributed by atoms with Gasteiger partial charge < -0.3 is 9.88 Å². The minimum absolute atomic E-state index is 0.0883. The summed E-state index contributed by atoms with van der Waals surface area (Å²) < 4.78 is 26.1. The van der Waals surface area contributed by atoms with Crippen LogP contribution in [0.4, 0.5) is 8.78 Å². The van der Waals surface area contributed by atoms with Gasteiger partial charge in [0.15, 0.2) is 11.6 Å². The number of benzene rings is 1. The first-order chi connectivity index (χ1) is 8.99. The van der Waals surface area contributed by atoms with Crippen LogP contribution in [0, 0.1) is 11.6 Å². The lowest BCUT2D eigenvalue weighted by Crippen LogP contribution is -2.27. The third kappa shape index (κ3) is 2.90. The van der Waals surface area contributed by atoms with Crippen LogP contribution in [0.25, 0.3) is 0 Å². The molecule has 1 amide bonds. The second-order valence-corrected chi connectivity index (χ2v) is 4.35. The Kier molecular flexibility index (Phi) is 3.80. The van der Waals surface area contributed by atoms with Gasteiger partial charge in [-0.1, -0.05) is 11.6 Å². The van der Waals surface area contributed by atoms with Gasteiger partial charge in [0.1, 0.15) is 5.82 Å². The first-order valence-electron chi connectivity index (χ1n) is 5.37. The van der Waals surface area contributed by atoms with E-state index in [0.717, 1.165) is 12.1 Å². The summed E-state index contributed by atoms with van der Waals surface area (Å²) in [4.78, 5) is 20.2. The van der Waals surface area contributed by atoms with Gasteiger partial charge in [0.25, 0.3) is 5.91 Å². The Labute approximate surface area is 113 Å². The molecule has 0 bridgehead atoms. The van der Waals surface area contributed by atoms with Gasteiger partial charge >= 0.3 is 0 Å². The molecule has 1 N–H and O–H groups in total. The molecular weight excluding hydrogens is 276 g/mol. The molecule has 4 nitrogen and oxygen atoms in total. The highest BCUT2D eigenvalue weighted by Gasteiger charge is 2.19. The average molecular weight is 286 g/mol. The number of hydrogen-bond donors (Lipinski definition) is 1. The molecule has 0 aliphatic rings. The summed E-state index contributed by atoms with van der Waals surface area (Å²) in [5.41, 5.74) is -0.0883. The summed E-state index contributed by atoms with van der Waals surface area (Å²) in [5.74, 6) is -2.13. The van der Waals surface area contributed by atoms with E-state index >= 15 is 0 Å². The molecule has 0 saturated carbocycles. The molecule has 0 atom stereocenters. The Morgan fingerprint density at radius 3 is 2.74 bits per heavy atom. The lowest BCUT2D eigenvalue weighted by atomic mass is 10.2. The van der Waals surface area contributed by atoms with E-state index in [-0.39, 0.29) is 17.1 Å². The summed E-state index contributed by atoms with van der Waals surface area (Å²) in [7, 11) is 1.52. The van der Waals surface area contributed by atoms with Crippen molar-refractivity contribution in [2.45, 2.75) is 6.54 Å². The molecule has 0 fully saturated rings. The number of imidazole rings is 1. The van der Waals surface area contributed by atoms with Crippen LogP contribution in [-0.2, 0) is 6.54 Å². The van der Waals surface area contributed by atoms with Gasteiger partial charge in [0.2, 0.25) is 0 Å². The molecule has 100 valence electrons. The lowest BCUT2D eigenvalue weighted by Gasteiger charge is -2.16. The standard InChI is InChI=1S/C12H10ClF2N3O/c1-18(6-11-16-2-3-17-11)12(19)7-4-9(14)10(15)5-8(7)13/h2-5H,6H2,1H3,(H,16,17). The van der Waals surface area contributed by atoms with Crippen molar-refractivity contribution >= 4 is 17.5 Å². The van der Waals surface area contributed by atoms with Crippen molar-refractivity contribution in [3.05, 3.63) is 52.6 Å². The van der Waals surface area contributed by atoms with Gasteiger partial charge in [-0.15, -0.1) is 0 Å². The Hall–Kier alpha value is -1.95. The van der Waals surface area contributed by atoms with Gasteiger partial charge in [-0.3, -0.25) is 4.79 Å². The highest BCUT2D eigenvalue weighted by Crippen LogP contribution is 2.21. The number of aromatic amines is 1. The summed E-state index contributed by atoms with van der Waals surface area (Å²) in [6, 6.07) is 1.57. The first kappa shape index (κ1) is 13.5. The number of hydrogen-bond acceptors (Lipinski definition) is 2. The maximum absolute atomic E-state index is 13.1. The maximum atomic E-state index is 13.1. The number of carbonyl (C=O) groups is 1. The zero-order valence-corrected chi connectivity index (χ0v) is 10.7. The molecular formula is C12H10ClF2N3O. The van der Waals surface area contributed by atoms with Crippen LogP contribution in [0.3, 0.4) is 0 Å². The topological polar surface area (TPSA) is 49.0 Å². The number of aromatic nitrogens is 2. The zero-order chi connectivity index (χ0) is 14.0. The van der Waals surface area contributed by atoms with E-state index in [2.05, 4.69) is 9.97 Å². The number of nitrogens with zero attached hydrogens (tertiary/aromatic N) is 2. The third-order valence-electron chi connectivity index (χ3n) is 2.53. The second-order valence-electron chi connectivity index (χ2n) is 3.94.